The Hall–Kier alpha value is -1.60. The zero-order chi connectivity index (χ0) is 19.4. The minimum atomic E-state index is -3.78. The van der Waals surface area contributed by atoms with Crippen molar-refractivity contribution in [1.82, 2.24) is 9.62 Å². The van der Waals surface area contributed by atoms with Crippen molar-refractivity contribution in [3.8, 4) is 5.75 Å². The minimum Gasteiger partial charge on any atom is -0.490 e. The molecule has 0 unspecified atom stereocenters. The Balaban J connectivity index is 1.69. The second-order valence-corrected chi connectivity index (χ2v) is 9.59. The van der Waals surface area contributed by atoms with Crippen LogP contribution in [0.15, 0.2) is 29.2 Å². The molecule has 0 spiro atoms. The summed E-state index contributed by atoms with van der Waals surface area (Å²) >= 11 is 0. The molecule has 1 aliphatic carbocycles. The fourth-order valence-corrected chi connectivity index (χ4v) is 5.07. The highest BCUT2D eigenvalue weighted by molar-refractivity contribution is 7.89. The molecule has 3 rings (SSSR count). The molecule has 2 fully saturated rings. The number of sulfonamides is 1. The van der Waals surface area contributed by atoms with Gasteiger partial charge in [-0.1, -0.05) is 13.8 Å². The van der Waals surface area contributed by atoms with E-state index in [1.165, 1.54) is 12.8 Å². The number of nitrogens with one attached hydrogen (secondary N) is 1. The van der Waals surface area contributed by atoms with E-state index in [1.54, 1.807) is 29.2 Å². The largest absolute Gasteiger partial charge is 0.490 e. The van der Waals surface area contributed by atoms with E-state index in [2.05, 4.69) is 4.72 Å². The van der Waals surface area contributed by atoms with Gasteiger partial charge in [-0.25, -0.2) is 8.42 Å². The normalized spacial score (nSPS) is 19.6. The topological polar surface area (TPSA) is 75.7 Å². The highest BCUT2D eigenvalue weighted by Crippen LogP contribution is 2.25. The first-order valence-corrected chi connectivity index (χ1v) is 11.4. The van der Waals surface area contributed by atoms with E-state index in [9.17, 15) is 13.2 Å². The van der Waals surface area contributed by atoms with Crippen molar-refractivity contribution in [3.63, 3.8) is 0 Å². The van der Waals surface area contributed by atoms with Crippen molar-refractivity contribution < 1.29 is 17.9 Å². The first-order chi connectivity index (χ1) is 12.9. The molecule has 1 N–H and O–H groups in total. The van der Waals surface area contributed by atoms with Crippen LogP contribution >= 0.6 is 0 Å². The number of carbonyl (C=O) groups excluding carboxylic acids is 1. The standard InChI is InChI=1S/C20H30N2O4S/c1-15(2)19(20(23)22-13-5-6-14-22)21-27(24,25)18-11-9-17(10-12-18)26-16-7-3-4-8-16/h9-12,15-16,19,21H,3-8,13-14H2,1-2H3/t19-/m1/s1. The summed E-state index contributed by atoms with van der Waals surface area (Å²) in [7, 11) is -3.78. The van der Waals surface area contributed by atoms with Gasteiger partial charge in [0.2, 0.25) is 15.9 Å². The van der Waals surface area contributed by atoms with Gasteiger partial charge in [0.25, 0.3) is 0 Å². The number of hydrogen-bond acceptors (Lipinski definition) is 4. The van der Waals surface area contributed by atoms with E-state index in [0.717, 1.165) is 25.7 Å². The molecule has 2 aliphatic rings. The molecular formula is C20H30N2O4S. The van der Waals surface area contributed by atoms with Crippen LogP contribution in [0, 0.1) is 5.92 Å². The summed E-state index contributed by atoms with van der Waals surface area (Å²) in [5.74, 6) is 0.430. The van der Waals surface area contributed by atoms with Crippen LogP contribution in [0.3, 0.4) is 0 Å². The Morgan fingerprint density at radius 3 is 2.22 bits per heavy atom. The molecular weight excluding hydrogens is 364 g/mol. The molecule has 0 radical (unpaired) electrons. The summed E-state index contributed by atoms with van der Waals surface area (Å²) in [6.07, 6.45) is 6.66. The third-order valence-corrected chi connectivity index (χ3v) is 6.83. The Morgan fingerprint density at radius 2 is 1.67 bits per heavy atom. The van der Waals surface area contributed by atoms with Gasteiger partial charge in [-0.2, -0.15) is 4.72 Å². The number of likely N-dealkylation sites (tertiary alicyclic amines) is 1. The molecule has 1 saturated carbocycles. The molecule has 0 bridgehead atoms. The van der Waals surface area contributed by atoms with Gasteiger partial charge in [-0.15, -0.1) is 0 Å². The van der Waals surface area contributed by atoms with Crippen molar-refractivity contribution in [1.29, 1.82) is 0 Å². The molecule has 1 atom stereocenters. The predicted octanol–water partition coefficient (Wildman–Crippen LogP) is 2.93. The van der Waals surface area contributed by atoms with Gasteiger partial charge in [0.05, 0.1) is 11.0 Å². The monoisotopic (exact) mass is 394 g/mol. The summed E-state index contributed by atoms with van der Waals surface area (Å²) in [5.41, 5.74) is 0. The Kier molecular flexibility index (Phi) is 6.42. The van der Waals surface area contributed by atoms with E-state index < -0.39 is 16.1 Å². The number of carbonyl (C=O) groups is 1. The maximum absolute atomic E-state index is 12.8. The maximum atomic E-state index is 12.8. The van der Waals surface area contributed by atoms with Gasteiger partial charge >= 0.3 is 0 Å². The fourth-order valence-electron chi connectivity index (χ4n) is 3.74. The van der Waals surface area contributed by atoms with E-state index in [4.69, 9.17) is 4.74 Å². The number of ether oxygens (including phenoxy) is 1. The molecule has 150 valence electrons. The zero-order valence-electron chi connectivity index (χ0n) is 16.2. The van der Waals surface area contributed by atoms with E-state index >= 15 is 0 Å². The number of benzene rings is 1. The molecule has 6 nitrogen and oxygen atoms in total. The smallest absolute Gasteiger partial charge is 0.241 e. The van der Waals surface area contributed by atoms with Crippen molar-refractivity contribution in [2.24, 2.45) is 5.92 Å². The molecule has 27 heavy (non-hydrogen) atoms. The second kappa shape index (κ2) is 8.61. The summed E-state index contributed by atoms with van der Waals surface area (Å²) in [4.78, 5) is 14.6. The molecule has 1 aromatic carbocycles. The lowest BCUT2D eigenvalue weighted by Crippen LogP contribution is -2.50. The molecule has 1 saturated heterocycles. The number of hydrogen-bond donors (Lipinski definition) is 1. The van der Waals surface area contributed by atoms with E-state index in [-0.39, 0.29) is 22.8 Å². The molecule has 0 aromatic heterocycles. The average Bonchev–Trinajstić information content (AvgIpc) is 3.33. The lowest BCUT2D eigenvalue weighted by Gasteiger charge is -2.26. The van der Waals surface area contributed by atoms with Gasteiger partial charge in [-0.05, 0) is 68.7 Å². The zero-order valence-corrected chi connectivity index (χ0v) is 17.0. The van der Waals surface area contributed by atoms with Crippen LogP contribution in [0.25, 0.3) is 0 Å². The van der Waals surface area contributed by atoms with Gasteiger partial charge in [0.15, 0.2) is 0 Å². The Morgan fingerprint density at radius 1 is 1.07 bits per heavy atom. The summed E-state index contributed by atoms with van der Waals surface area (Å²) in [5, 5.41) is 0. The quantitative estimate of drug-likeness (QED) is 0.771. The Bertz CT molecular complexity index is 734. The van der Waals surface area contributed by atoms with Crippen LogP contribution in [0.4, 0.5) is 0 Å². The first kappa shape index (κ1) is 20.1. The first-order valence-electron chi connectivity index (χ1n) is 9.94. The van der Waals surface area contributed by atoms with Crippen molar-refractivity contribution in [2.45, 2.75) is 69.4 Å². The van der Waals surface area contributed by atoms with Gasteiger partial charge < -0.3 is 9.64 Å². The molecule has 1 aromatic rings. The third kappa shape index (κ3) is 5.02. The summed E-state index contributed by atoms with van der Waals surface area (Å²) in [6.45, 7) is 5.13. The SMILES string of the molecule is CC(C)[C@@H](NS(=O)(=O)c1ccc(OC2CCCC2)cc1)C(=O)N1CCCC1. The van der Waals surface area contributed by atoms with Gasteiger partial charge in [0.1, 0.15) is 11.8 Å². The number of rotatable bonds is 7. The lowest BCUT2D eigenvalue weighted by molar-refractivity contribution is -0.132. The van der Waals surface area contributed by atoms with Crippen LogP contribution < -0.4 is 9.46 Å². The van der Waals surface area contributed by atoms with Crippen molar-refractivity contribution in [2.75, 3.05) is 13.1 Å². The Labute approximate surface area is 162 Å². The van der Waals surface area contributed by atoms with Crippen LogP contribution in [0.1, 0.15) is 52.4 Å². The van der Waals surface area contributed by atoms with Gasteiger partial charge in [0, 0.05) is 13.1 Å². The lowest BCUT2D eigenvalue weighted by atomic mass is 10.0. The van der Waals surface area contributed by atoms with Crippen LogP contribution in [0.2, 0.25) is 0 Å². The highest BCUT2D eigenvalue weighted by Gasteiger charge is 2.32. The van der Waals surface area contributed by atoms with E-state index in [0.29, 0.717) is 18.8 Å². The minimum absolute atomic E-state index is 0.127. The van der Waals surface area contributed by atoms with Crippen LogP contribution in [-0.2, 0) is 14.8 Å². The number of nitrogens with zero attached hydrogens (tertiary/aromatic N) is 1. The van der Waals surface area contributed by atoms with Crippen LogP contribution in [0.5, 0.6) is 5.75 Å². The van der Waals surface area contributed by atoms with Gasteiger partial charge in [-0.3, -0.25) is 4.79 Å². The third-order valence-electron chi connectivity index (χ3n) is 5.37. The maximum Gasteiger partial charge on any atom is 0.241 e. The molecule has 1 amide bonds. The summed E-state index contributed by atoms with van der Waals surface area (Å²) < 4.78 is 34.1. The summed E-state index contributed by atoms with van der Waals surface area (Å²) in [6, 6.07) is 5.73. The molecule has 7 heteroatoms. The second-order valence-electron chi connectivity index (χ2n) is 7.87. The fraction of sp³-hybridized carbons (Fsp3) is 0.650. The van der Waals surface area contributed by atoms with Crippen molar-refractivity contribution >= 4 is 15.9 Å². The molecule has 1 heterocycles. The van der Waals surface area contributed by atoms with E-state index in [1.807, 2.05) is 13.8 Å². The van der Waals surface area contributed by atoms with Crippen LogP contribution in [-0.4, -0.2) is 44.5 Å². The number of amides is 1. The highest BCUT2D eigenvalue weighted by atomic mass is 32.2. The molecule has 1 aliphatic heterocycles. The predicted molar refractivity (Wildman–Crippen MR) is 104 cm³/mol. The average molecular weight is 395 g/mol. The van der Waals surface area contributed by atoms with Crippen molar-refractivity contribution in [3.05, 3.63) is 24.3 Å².